The van der Waals surface area contributed by atoms with Crippen molar-refractivity contribution in [3.05, 3.63) is 0 Å². The van der Waals surface area contributed by atoms with E-state index >= 15 is 0 Å². The van der Waals surface area contributed by atoms with Gasteiger partial charge in [-0.2, -0.15) is 0 Å². The van der Waals surface area contributed by atoms with Crippen LogP contribution in [0.5, 0.6) is 0 Å². The lowest BCUT2D eigenvalue weighted by atomic mass is 10.1. The highest BCUT2D eigenvalue weighted by Crippen LogP contribution is 2.23. The minimum absolute atomic E-state index is 0.0121. The van der Waals surface area contributed by atoms with Crippen LogP contribution in [0.3, 0.4) is 0 Å². The fourth-order valence-electron chi connectivity index (χ4n) is 1.82. The van der Waals surface area contributed by atoms with E-state index < -0.39 is 0 Å². The first-order valence-corrected chi connectivity index (χ1v) is 5.58. The van der Waals surface area contributed by atoms with E-state index in [-0.39, 0.29) is 5.91 Å². The van der Waals surface area contributed by atoms with Crippen molar-refractivity contribution in [3.8, 4) is 11.8 Å². The van der Waals surface area contributed by atoms with E-state index in [0.29, 0.717) is 5.92 Å². The molecule has 14 heavy (non-hydrogen) atoms. The summed E-state index contributed by atoms with van der Waals surface area (Å²) < 4.78 is 0. The van der Waals surface area contributed by atoms with E-state index in [4.69, 9.17) is 0 Å². The molecule has 0 aromatic carbocycles. The number of amides is 1. The summed E-state index contributed by atoms with van der Waals surface area (Å²) in [5.74, 6) is 6.32. The molecule has 0 bridgehead atoms. The molecule has 0 spiro atoms. The summed E-state index contributed by atoms with van der Waals surface area (Å²) in [6, 6.07) is 0. The Morgan fingerprint density at radius 1 is 1.29 bits per heavy atom. The van der Waals surface area contributed by atoms with Crippen molar-refractivity contribution in [2.24, 2.45) is 5.92 Å². The molecule has 0 saturated heterocycles. The average molecular weight is 193 g/mol. The van der Waals surface area contributed by atoms with E-state index in [2.05, 4.69) is 11.8 Å². The molecule has 1 saturated carbocycles. The van der Waals surface area contributed by atoms with Crippen molar-refractivity contribution in [1.29, 1.82) is 0 Å². The van der Waals surface area contributed by atoms with Gasteiger partial charge in [-0.1, -0.05) is 18.8 Å². The third-order valence-electron chi connectivity index (χ3n) is 2.79. The first-order valence-electron chi connectivity index (χ1n) is 5.58. The molecule has 78 valence electrons. The lowest BCUT2D eigenvalue weighted by Gasteiger charge is -2.14. The Morgan fingerprint density at radius 3 is 2.36 bits per heavy atom. The molecule has 0 atom stereocenters. The normalized spacial score (nSPS) is 16.1. The molecule has 0 unspecified atom stereocenters. The molecule has 0 aromatic rings. The molecule has 0 N–H and O–H groups in total. The fourth-order valence-corrected chi connectivity index (χ4v) is 1.82. The monoisotopic (exact) mass is 193 g/mol. The molecule has 1 rings (SSSR count). The van der Waals surface area contributed by atoms with Gasteiger partial charge >= 0.3 is 0 Å². The lowest BCUT2D eigenvalue weighted by molar-refractivity contribution is -0.124. The minimum Gasteiger partial charge on any atom is -0.332 e. The van der Waals surface area contributed by atoms with Gasteiger partial charge in [0, 0.05) is 19.0 Å². The number of hydrogen-bond acceptors (Lipinski definition) is 1. The molecule has 1 amide bonds. The molecule has 1 aliphatic rings. The van der Waals surface area contributed by atoms with Crippen molar-refractivity contribution < 1.29 is 4.79 Å². The molecular weight excluding hydrogens is 174 g/mol. The number of nitrogens with zero attached hydrogens (tertiary/aromatic N) is 1. The van der Waals surface area contributed by atoms with Crippen LogP contribution in [-0.2, 0) is 4.79 Å². The predicted octanol–water partition coefficient (Wildman–Crippen LogP) is 2.05. The molecule has 0 aromatic heterocycles. The third-order valence-corrected chi connectivity index (χ3v) is 2.79. The van der Waals surface area contributed by atoms with E-state index in [1.54, 1.807) is 4.90 Å². The van der Waals surface area contributed by atoms with E-state index in [1.165, 1.54) is 25.7 Å². The Hall–Kier alpha value is -0.970. The van der Waals surface area contributed by atoms with Crippen molar-refractivity contribution in [2.75, 3.05) is 13.1 Å². The smallest absolute Gasteiger partial charge is 0.298 e. The molecule has 1 fully saturated rings. The first kappa shape index (κ1) is 11.1. The first-order chi connectivity index (χ1) is 6.77. The van der Waals surface area contributed by atoms with Crippen molar-refractivity contribution in [3.63, 3.8) is 0 Å². The van der Waals surface area contributed by atoms with Gasteiger partial charge in [-0.05, 0) is 32.6 Å². The summed E-state index contributed by atoms with van der Waals surface area (Å²) in [6.45, 7) is 5.49. The zero-order chi connectivity index (χ0) is 10.4. The predicted molar refractivity (Wildman–Crippen MR) is 57.7 cm³/mol. The van der Waals surface area contributed by atoms with Gasteiger partial charge in [0.05, 0.1) is 0 Å². The number of hydrogen-bond donors (Lipinski definition) is 0. The van der Waals surface area contributed by atoms with Crippen LogP contribution >= 0.6 is 0 Å². The molecule has 2 nitrogen and oxygen atoms in total. The van der Waals surface area contributed by atoms with Gasteiger partial charge in [0.1, 0.15) is 0 Å². The van der Waals surface area contributed by atoms with Gasteiger partial charge in [0.15, 0.2) is 0 Å². The molecule has 0 aliphatic heterocycles. The largest absolute Gasteiger partial charge is 0.332 e. The van der Waals surface area contributed by atoms with Crippen LogP contribution in [0.1, 0.15) is 39.5 Å². The van der Waals surface area contributed by atoms with Gasteiger partial charge in [-0.3, -0.25) is 4.79 Å². The SMILES string of the molecule is CCN(CC)C(=O)C#CC1CCCC1. The molecule has 1 aliphatic carbocycles. The summed E-state index contributed by atoms with van der Waals surface area (Å²) in [7, 11) is 0. The molecular formula is C12H19NO. The lowest BCUT2D eigenvalue weighted by Crippen LogP contribution is -2.29. The minimum atomic E-state index is -0.0121. The number of carbonyl (C=O) groups is 1. The summed E-state index contributed by atoms with van der Waals surface area (Å²) in [6.07, 6.45) is 4.91. The number of rotatable bonds is 2. The van der Waals surface area contributed by atoms with E-state index in [0.717, 1.165) is 13.1 Å². The summed E-state index contributed by atoms with van der Waals surface area (Å²) in [5, 5.41) is 0. The highest BCUT2D eigenvalue weighted by Gasteiger charge is 2.12. The van der Waals surface area contributed by atoms with E-state index in [1.807, 2.05) is 13.8 Å². The van der Waals surface area contributed by atoms with Crippen LogP contribution in [0.4, 0.5) is 0 Å². The van der Waals surface area contributed by atoms with Gasteiger partial charge in [-0.15, -0.1) is 0 Å². The Morgan fingerprint density at radius 2 is 1.86 bits per heavy atom. The van der Waals surface area contributed by atoms with Gasteiger partial charge in [0.25, 0.3) is 5.91 Å². The van der Waals surface area contributed by atoms with Crippen LogP contribution in [0.2, 0.25) is 0 Å². The quantitative estimate of drug-likeness (QED) is 0.615. The Labute approximate surface area is 86.7 Å². The summed E-state index contributed by atoms with van der Waals surface area (Å²) in [5.41, 5.74) is 0. The maximum absolute atomic E-state index is 11.5. The van der Waals surface area contributed by atoms with Crippen molar-refractivity contribution in [2.45, 2.75) is 39.5 Å². The van der Waals surface area contributed by atoms with Crippen molar-refractivity contribution in [1.82, 2.24) is 4.90 Å². The second kappa shape index (κ2) is 5.70. The van der Waals surface area contributed by atoms with Gasteiger partial charge in [0.2, 0.25) is 0 Å². The summed E-state index contributed by atoms with van der Waals surface area (Å²) >= 11 is 0. The molecule has 0 heterocycles. The maximum Gasteiger partial charge on any atom is 0.298 e. The van der Waals surface area contributed by atoms with Crippen molar-refractivity contribution >= 4 is 5.91 Å². The maximum atomic E-state index is 11.5. The second-order valence-electron chi connectivity index (χ2n) is 3.73. The van der Waals surface area contributed by atoms with Crippen LogP contribution < -0.4 is 0 Å². The topological polar surface area (TPSA) is 20.3 Å². The Balaban J connectivity index is 2.44. The summed E-state index contributed by atoms with van der Waals surface area (Å²) in [4.78, 5) is 13.3. The van der Waals surface area contributed by atoms with Gasteiger partial charge in [-0.25, -0.2) is 0 Å². The van der Waals surface area contributed by atoms with E-state index in [9.17, 15) is 4.79 Å². The Kier molecular flexibility index (Phi) is 4.52. The van der Waals surface area contributed by atoms with Crippen LogP contribution in [0.15, 0.2) is 0 Å². The average Bonchev–Trinajstić information content (AvgIpc) is 2.69. The Bertz CT molecular complexity index is 239. The van der Waals surface area contributed by atoms with Gasteiger partial charge < -0.3 is 4.90 Å². The van der Waals surface area contributed by atoms with Crippen LogP contribution in [0.25, 0.3) is 0 Å². The zero-order valence-corrected chi connectivity index (χ0v) is 9.18. The molecule has 2 heteroatoms. The number of carbonyl (C=O) groups excluding carboxylic acids is 1. The highest BCUT2D eigenvalue weighted by atomic mass is 16.2. The van der Waals surface area contributed by atoms with Crippen LogP contribution in [0, 0.1) is 17.8 Å². The van der Waals surface area contributed by atoms with Crippen LogP contribution in [-0.4, -0.2) is 23.9 Å². The molecule has 0 radical (unpaired) electrons. The zero-order valence-electron chi connectivity index (χ0n) is 9.18. The fraction of sp³-hybridized carbons (Fsp3) is 0.750. The second-order valence-corrected chi connectivity index (χ2v) is 3.73. The standard InChI is InChI=1S/C12H19NO/c1-3-13(4-2)12(14)10-9-11-7-5-6-8-11/h11H,3-8H2,1-2H3. The highest BCUT2D eigenvalue weighted by molar-refractivity contribution is 5.93. The third kappa shape index (κ3) is 3.06.